The maximum Gasteiger partial charge on any atom is 0.185 e. The van der Waals surface area contributed by atoms with Gasteiger partial charge in [-0.1, -0.05) is 6.07 Å². The quantitative estimate of drug-likeness (QED) is 0.514. The predicted octanol–water partition coefficient (Wildman–Crippen LogP) is 4.00. The first-order valence-corrected chi connectivity index (χ1v) is 13.0. The van der Waals surface area contributed by atoms with Gasteiger partial charge >= 0.3 is 0 Å². The zero-order chi connectivity index (χ0) is 25.7. The average Bonchev–Trinajstić information content (AvgIpc) is 3.73. The molecule has 37 heavy (non-hydrogen) atoms. The van der Waals surface area contributed by atoms with Gasteiger partial charge < -0.3 is 20.1 Å². The molecule has 2 saturated heterocycles. The molecule has 0 radical (unpaired) electrons. The zero-order valence-corrected chi connectivity index (χ0v) is 21.4. The molecule has 3 fully saturated rings. The fourth-order valence-electron chi connectivity index (χ4n) is 5.95. The number of aromatic nitrogens is 5. The summed E-state index contributed by atoms with van der Waals surface area (Å²) in [6, 6.07) is 6.85. The summed E-state index contributed by atoms with van der Waals surface area (Å²) in [5.74, 6) is 1.54. The molecule has 4 heterocycles. The van der Waals surface area contributed by atoms with Crippen LogP contribution in [0.3, 0.4) is 0 Å². The lowest BCUT2D eigenvalue weighted by molar-refractivity contribution is 0.0584. The lowest BCUT2D eigenvalue weighted by Gasteiger charge is -2.52. The van der Waals surface area contributed by atoms with Crippen molar-refractivity contribution < 1.29 is 14.2 Å². The van der Waals surface area contributed by atoms with E-state index in [1.54, 1.807) is 31.5 Å². The van der Waals surface area contributed by atoms with Crippen LogP contribution in [0, 0.1) is 6.92 Å². The fourth-order valence-corrected chi connectivity index (χ4v) is 5.95. The largest absolute Gasteiger partial charge is 0.507 e. The second-order valence-electron chi connectivity index (χ2n) is 10.8. The zero-order valence-electron chi connectivity index (χ0n) is 21.4. The van der Waals surface area contributed by atoms with Crippen molar-refractivity contribution in [2.24, 2.45) is 0 Å². The Hall–Kier alpha value is -3.40. The molecule has 2 aliphatic heterocycles. The normalized spacial score (nSPS) is 27.1. The van der Waals surface area contributed by atoms with Gasteiger partial charge in [0.25, 0.3) is 0 Å². The molecule has 194 valence electrons. The number of hydrogen-bond acceptors (Lipinski definition) is 9. The first-order valence-electron chi connectivity index (χ1n) is 13.0. The van der Waals surface area contributed by atoms with Crippen LogP contribution < -0.4 is 15.0 Å². The van der Waals surface area contributed by atoms with Crippen LogP contribution in [-0.4, -0.2) is 67.4 Å². The summed E-state index contributed by atoms with van der Waals surface area (Å²) in [6.45, 7) is 4.03. The van der Waals surface area contributed by atoms with Gasteiger partial charge in [-0.2, -0.15) is 5.10 Å². The molecule has 0 amide bonds. The van der Waals surface area contributed by atoms with Crippen molar-refractivity contribution in [1.29, 1.82) is 0 Å². The summed E-state index contributed by atoms with van der Waals surface area (Å²) < 4.78 is 21.0. The molecule has 2 N–H and O–H groups in total. The van der Waals surface area contributed by atoms with Crippen molar-refractivity contribution in [2.45, 2.75) is 82.2 Å². The van der Waals surface area contributed by atoms with E-state index < -0.39 is 6.17 Å². The molecule has 0 unspecified atom stereocenters. The molecule has 1 aromatic carbocycles. The molecule has 9 nitrogen and oxygen atoms in total. The van der Waals surface area contributed by atoms with E-state index in [1.165, 1.54) is 0 Å². The summed E-state index contributed by atoms with van der Waals surface area (Å²) in [5.41, 5.74) is 2.37. The minimum atomic E-state index is -0.962. The van der Waals surface area contributed by atoms with E-state index in [1.807, 2.05) is 13.0 Å². The Balaban J connectivity index is 1.26. The summed E-state index contributed by atoms with van der Waals surface area (Å²) in [6.07, 6.45) is 6.47. The average molecular weight is 506 g/mol. The van der Waals surface area contributed by atoms with E-state index in [0.717, 1.165) is 38.5 Å². The van der Waals surface area contributed by atoms with Gasteiger partial charge in [-0.3, -0.25) is 0 Å². The molecule has 0 spiro atoms. The highest BCUT2D eigenvalue weighted by molar-refractivity contribution is 5.71. The number of piperidine rings is 2. The predicted molar refractivity (Wildman–Crippen MR) is 137 cm³/mol. The topological polar surface area (TPSA) is 109 Å². The van der Waals surface area contributed by atoms with Crippen LogP contribution >= 0.6 is 0 Å². The minimum Gasteiger partial charge on any atom is -0.507 e. The van der Waals surface area contributed by atoms with Crippen molar-refractivity contribution in [1.82, 2.24) is 30.7 Å². The molecular formula is C27H32FN7O2. The SMILES string of the molecule is COc1cc(-c2ccc(-c3ncc(N(C4CC4)[C@@H]4C[C@@]5(C)CCC[C@@H](N5)[C@@H]4F)nn3)c(O)c2)nnc1C. The number of nitrogens with zero attached hydrogens (tertiary/aromatic N) is 6. The van der Waals surface area contributed by atoms with Crippen LogP contribution in [0.25, 0.3) is 22.6 Å². The van der Waals surface area contributed by atoms with Crippen LogP contribution in [0.1, 0.15) is 51.1 Å². The summed E-state index contributed by atoms with van der Waals surface area (Å²) in [5, 5.41) is 31.5. The van der Waals surface area contributed by atoms with Crippen LogP contribution in [0.4, 0.5) is 10.2 Å². The number of benzene rings is 1. The Labute approximate surface area is 215 Å². The van der Waals surface area contributed by atoms with E-state index in [-0.39, 0.29) is 29.4 Å². The van der Waals surface area contributed by atoms with Crippen molar-refractivity contribution in [2.75, 3.05) is 12.0 Å². The highest BCUT2D eigenvalue weighted by Crippen LogP contribution is 2.42. The highest BCUT2D eigenvalue weighted by Gasteiger charge is 2.50. The van der Waals surface area contributed by atoms with E-state index in [2.05, 4.69) is 42.5 Å². The fraction of sp³-hybridized carbons (Fsp3) is 0.519. The maximum absolute atomic E-state index is 15.6. The first-order chi connectivity index (χ1) is 17.8. The van der Waals surface area contributed by atoms with Gasteiger partial charge in [0.05, 0.1) is 30.6 Å². The lowest BCUT2D eigenvalue weighted by atomic mass is 9.74. The Morgan fingerprint density at radius 3 is 2.68 bits per heavy atom. The molecule has 3 aliphatic rings. The van der Waals surface area contributed by atoms with Crippen molar-refractivity contribution in [3.05, 3.63) is 36.2 Å². The number of nitrogens with one attached hydrogen (secondary N) is 1. The van der Waals surface area contributed by atoms with Gasteiger partial charge in [0.2, 0.25) is 0 Å². The van der Waals surface area contributed by atoms with E-state index >= 15 is 4.39 Å². The minimum absolute atomic E-state index is 0.00960. The number of alkyl halides is 1. The third-order valence-corrected chi connectivity index (χ3v) is 7.99. The maximum atomic E-state index is 15.6. The smallest absolute Gasteiger partial charge is 0.185 e. The molecule has 6 rings (SSSR count). The van der Waals surface area contributed by atoms with Gasteiger partial charge in [0.15, 0.2) is 11.6 Å². The number of halogens is 1. The number of phenolic OH excluding ortho intramolecular Hbond substituents is 1. The highest BCUT2D eigenvalue weighted by atomic mass is 19.1. The standard InChI is InChI=1S/C27H32FN7O2/c1-15-23(37-3)12-20(32-31-15)16-6-9-18(22(36)11-16)26-29-14-24(33-34-26)35(17-7-8-17)21-13-27(2)10-4-5-19(30-27)25(21)28/h6,9,11-12,14,17,19,21,25,30,36H,4-5,7-8,10,13H2,1-3H3/t19-,21-,25+,27-/m1/s1. The number of methoxy groups -OCH3 is 1. The Morgan fingerprint density at radius 1 is 1.14 bits per heavy atom. The first kappa shape index (κ1) is 24.0. The van der Waals surface area contributed by atoms with Gasteiger partial charge in [0.1, 0.15) is 23.4 Å². The number of rotatable bonds is 6. The number of fused-ring (bicyclic) bond motifs is 2. The molecular weight excluding hydrogens is 473 g/mol. The third-order valence-electron chi connectivity index (χ3n) is 7.99. The number of hydrogen-bond donors (Lipinski definition) is 2. The number of phenols is 1. The van der Waals surface area contributed by atoms with Gasteiger partial charge in [-0.15, -0.1) is 15.3 Å². The van der Waals surface area contributed by atoms with E-state index in [9.17, 15) is 5.11 Å². The Kier molecular flexibility index (Phi) is 5.94. The van der Waals surface area contributed by atoms with Gasteiger partial charge in [-0.25, -0.2) is 9.37 Å². The molecule has 1 aliphatic carbocycles. The molecule has 2 bridgehead atoms. The van der Waals surface area contributed by atoms with Crippen molar-refractivity contribution in [3.8, 4) is 34.1 Å². The molecule has 10 heteroatoms. The number of aromatic hydroxyl groups is 1. The lowest BCUT2D eigenvalue weighted by Crippen LogP contribution is -2.67. The Morgan fingerprint density at radius 2 is 1.97 bits per heavy atom. The molecule has 4 atom stereocenters. The monoisotopic (exact) mass is 505 g/mol. The van der Waals surface area contributed by atoms with Crippen LogP contribution in [0.5, 0.6) is 11.5 Å². The van der Waals surface area contributed by atoms with E-state index in [0.29, 0.717) is 39.9 Å². The van der Waals surface area contributed by atoms with Crippen molar-refractivity contribution >= 4 is 5.82 Å². The second-order valence-corrected chi connectivity index (χ2v) is 10.8. The Bertz CT molecular complexity index is 1300. The summed E-state index contributed by atoms with van der Waals surface area (Å²) in [7, 11) is 1.58. The van der Waals surface area contributed by atoms with E-state index in [4.69, 9.17) is 4.74 Å². The molecule has 1 saturated carbocycles. The van der Waals surface area contributed by atoms with Crippen molar-refractivity contribution in [3.63, 3.8) is 0 Å². The van der Waals surface area contributed by atoms with Gasteiger partial charge in [0, 0.05) is 29.3 Å². The van der Waals surface area contributed by atoms with Crippen LogP contribution in [-0.2, 0) is 0 Å². The number of aryl methyl sites for hydroxylation is 1. The molecule has 2 aromatic heterocycles. The number of ether oxygens (including phenoxy) is 1. The summed E-state index contributed by atoms with van der Waals surface area (Å²) in [4.78, 5) is 6.65. The van der Waals surface area contributed by atoms with Crippen LogP contribution in [0.2, 0.25) is 0 Å². The second kappa shape index (κ2) is 9.16. The van der Waals surface area contributed by atoms with Gasteiger partial charge in [-0.05, 0) is 64.5 Å². The third kappa shape index (κ3) is 4.47. The molecule has 3 aromatic rings. The summed E-state index contributed by atoms with van der Waals surface area (Å²) >= 11 is 0. The van der Waals surface area contributed by atoms with Crippen LogP contribution in [0.15, 0.2) is 30.5 Å². The number of anilines is 1.